The van der Waals surface area contributed by atoms with Crippen LogP contribution >= 0.6 is 12.2 Å². The van der Waals surface area contributed by atoms with Crippen molar-refractivity contribution in [2.45, 2.75) is 18.9 Å². The Kier molecular flexibility index (Phi) is 4.43. The molecule has 1 fully saturated rings. The minimum absolute atomic E-state index is 0.175. The maximum absolute atomic E-state index is 10.9. The molecule has 2 heterocycles. The van der Waals surface area contributed by atoms with E-state index >= 15 is 0 Å². The highest BCUT2D eigenvalue weighted by molar-refractivity contribution is 7.78. The Balaban J connectivity index is 2.08. The summed E-state index contributed by atoms with van der Waals surface area (Å²) in [6.07, 6.45) is 3.63. The van der Waals surface area contributed by atoms with Gasteiger partial charge in [0.25, 0.3) is 0 Å². The highest BCUT2D eigenvalue weighted by atomic mass is 32.1. The first-order valence-corrected chi connectivity index (χ1v) is 6.28. The number of nitrogens with zero attached hydrogens (tertiary/aromatic N) is 3. The van der Waals surface area contributed by atoms with E-state index in [1.54, 1.807) is 12.3 Å². The molecule has 7 heteroatoms. The van der Waals surface area contributed by atoms with E-state index in [0.717, 1.165) is 12.8 Å². The standard InChI is InChI=1S/C12H13N3O3S/c16-12(17)15-5-1-2-9(7-15)18-11-3-4-13-6-10(11)14-8-19/h3-4,6,9H,1-2,5,7H2,(H,16,17)/t9-/m1/s1. The molecule has 1 aliphatic heterocycles. The molecule has 1 saturated heterocycles. The fourth-order valence-electron chi connectivity index (χ4n) is 1.99. The molecule has 6 nitrogen and oxygen atoms in total. The zero-order valence-electron chi connectivity index (χ0n) is 10.2. The van der Waals surface area contributed by atoms with Crippen LogP contribution in [0, 0.1) is 0 Å². The lowest BCUT2D eigenvalue weighted by Gasteiger charge is -2.31. The Hall–Kier alpha value is -1.98. The molecule has 0 spiro atoms. The van der Waals surface area contributed by atoms with E-state index in [2.05, 4.69) is 27.4 Å². The molecule has 100 valence electrons. The summed E-state index contributed by atoms with van der Waals surface area (Å²) in [5.41, 5.74) is 0.505. The van der Waals surface area contributed by atoms with E-state index in [0.29, 0.717) is 24.5 Å². The van der Waals surface area contributed by atoms with Gasteiger partial charge in [0.05, 0.1) is 17.9 Å². The molecule has 1 aliphatic rings. The summed E-state index contributed by atoms with van der Waals surface area (Å²) in [7, 11) is 0. The van der Waals surface area contributed by atoms with Gasteiger partial charge in [-0.2, -0.15) is 4.99 Å². The van der Waals surface area contributed by atoms with Crippen molar-refractivity contribution < 1.29 is 14.6 Å². The first-order chi connectivity index (χ1) is 9.20. The minimum Gasteiger partial charge on any atom is -0.486 e. The average molecular weight is 279 g/mol. The molecular weight excluding hydrogens is 266 g/mol. The molecule has 0 aromatic carbocycles. The lowest BCUT2D eigenvalue weighted by Crippen LogP contribution is -2.43. The Morgan fingerprint density at radius 1 is 1.68 bits per heavy atom. The van der Waals surface area contributed by atoms with Crippen LogP contribution in [0.15, 0.2) is 23.5 Å². The summed E-state index contributed by atoms with van der Waals surface area (Å²) in [5.74, 6) is 0.546. The number of piperidine rings is 1. The highest BCUT2D eigenvalue weighted by Gasteiger charge is 2.24. The number of likely N-dealkylation sites (tertiary alicyclic amines) is 1. The largest absolute Gasteiger partial charge is 0.486 e. The summed E-state index contributed by atoms with van der Waals surface area (Å²) < 4.78 is 5.79. The molecular formula is C12H13N3O3S. The van der Waals surface area contributed by atoms with Gasteiger partial charge in [0, 0.05) is 18.8 Å². The van der Waals surface area contributed by atoms with E-state index in [-0.39, 0.29) is 6.10 Å². The van der Waals surface area contributed by atoms with Crippen LogP contribution in [-0.4, -0.2) is 45.4 Å². The highest BCUT2D eigenvalue weighted by Crippen LogP contribution is 2.28. The van der Waals surface area contributed by atoms with E-state index < -0.39 is 6.09 Å². The van der Waals surface area contributed by atoms with Gasteiger partial charge in [-0.05, 0) is 25.1 Å². The second-order valence-electron chi connectivity index (χ2n) is 4.16. The van der Waals surface area contributed by atoms with Crippen LogP contribution in [-0.2, 0) is 0 Å². The molecule has 1 aromatic rings. The van der Waals surface area contributed by atoms with Gasteiger partial charge >= 0.3 is 6.09 Å². The molecule has 2 rings (SSSR count). The van der Waals surface area contributed by atoms with Gasteiger partial charge in [-0.3, -0.25) is 4.98 Å². The third-order valence-electron chi connectivity index (χ3n) is 2.87. The van der Waals surface area contributed by atoms with Gasteiger partial charge in [0.15, 0.2) is 0 Å². The summed E-state index contributed by atoms with van der Waals surface area (Å²) in [6, 6.07) is 1.69. The molecule has 1 aromatic heterocycles. The van der Waals surface area contributed by atoms with Crippen LogP contribution in [0.4, 0.5) is 10.5 Å². The van der Waals surface area contributed by atoms with E-state index in [4.69, 9.17) is 9.84 Å². The number of ether oxygens (including phenoxy) is 1. The van der Waals surface area contributed by atoms with Gasteiger partial charge in [-0.1, -0.05) is 0 Å². The van der Waals surface area contributed by atoms with Crippen molar-refractivity contribution in [2.24, 2.45) is 4.99 Å². The lowest BCUT2D eigenvalue weighted by molar-refractivity contribution is 0.0794. The molecule has 0 unspecified atom stereocenters. The molecule has 0 radical (unpaired) electrons. The fourth-order valence-corrected chi connectivity index (χ4v) is 2.09. The monoisotopic (exact) mass is 279 g/mol. The van der Waals surface area contributed by atoms with Crippen molar-refractivity contribution >= 4 is 29.2 Å². The van der Waals surface area contributed by atoms with Gasteiger partial charge < -0.3 is 14.7 Å². The molecule has 1 amide bonds. The van der Waals surface area contributed by atoms with Gasteiger partial charge in [-0.25, -0.2) is 4.79 Å². The number of carbonyl (C=O) groups is 1. The first-order valence-electron chi connectivity index (χ1n) is 5.87. The number of rotatable bonds is 3. The van der Waals surface area contributed by atoms with Crippen molar-refractivity contribution in [1.82, 2.24) is 9.88 Å². The smallest absolute Gasteiger partial charge is 0.407 e. The number of amides is 1. The molecule has 0 saturated carbocycles. The number of aliphatic imine (C=N–C) groups is 1. The van der Waals surface area contributed by atoms with E-state index in [1.165, 1.54) is 11.1 Å². The second-order valence-corrected chi connectivity index (χ2v) is 4.34. The zero-order valence-corrected chi connectivity index (χ0v) is 11.0. The fraction of sp³-hybridized carbons (Fsp3) is 0.417. The Bertz CT molecular complexity index is 517. The van der Waals surface area contributed by atoms with Gasteiger partial charge in [0.2, 0.25) is 0 Å². The van der Waals surface area contributed by atoms with Crippen molar-refractivity contribution in [2.75, 3.05) is 13.1 Å². The van der Waals surface area contributed by atoms with Crippen molar-refractivity contribution in [1.29, 1.82) is 0 Å². The zero-order chi connectivity index (χ0) is 13.7. The third kappa shape index (κ3) is 3.49. The van der Waals surface area contributed by atoms with Crippen LogP contribution in [0.25, 0.3) is 0 Å². The van der Waals surface area contributed by atoms with Crippen LogP contribution in [0.2, 0.25) is 0 Å². The Labute approximate surface area is 115 Å². The quantitative estimate of drug-likeness (QED) is 0.679. The number of carboxylic acid groups (broad SMARTS) is 1. The Morgan fingerprint density at radius 2 is 2.53 bits per heavy atom. The minimum atomic E-state index is -0.917. The molecule has 1 N–H and O–H groups in total. The van der Waals surface area contributed by atoms with Crippen LogP contribution in [0.5, 0.6) is 5.75 Å². The van der Waals surface area contributed by atoms with Crippen molar-refractivity contribution in [3.63, 3.8) is 0 Å². The van der Waals surface area contributed by atoms with Crippen LogP contribution in [0.1, 0.15) is 12.8 Å². The topological polar surface area (TPSA) is 75.0 Å². The number of isothiocyanates is 1. The van der Waals surface area contributed by atoms with E-state index in [9.17, 15) is 4.79 Å². The number of thiocarbonyl (C=S) groups is 1. The maximum Gasteiger partial charge on any atom is 0.407 e. The van der Waals surface area contributed by atoms with Crippen molar-refractivity contribution in [3.8, 4) is 5.75 Å². The molecule has 19 heavy (non-hydrogen) atoms. The van der Waals surface area contributed by atoms with Crippen LogP contribution < -0.4 is 4.74 Å². The maximum atomic E-state index is 10.9. The molecule has 0 bridgehead atoms. The summed E-state index contributed by atoms with van der Waals surface area (Å²) >= 11 is 4.57. The SMILES string of the molecule is O=C(O)N1CCC[C@@H](Oc2ccncc2N=C=S)C1. The number of pyridine rings is 1. The lowest BCUT2D eigenvalue weighted by atomic mass is 10.1. The number of hydrogen-bond acceptors (Lipinski definition) is 5. The van der Waals surface area contributed by atoms with E-state index in [1.807, 2.05) is 0 Å². The van der Waals surface area contributed by atoms with Gasteiger partial charge in [0.1, 0.15) is 17.5 Å². The number of aromatic nitrogens is 1. The Morgan fingerprint density at radius 3 is 3.26 bits per heavy atom. The predicted octanol–water partition coefficient (Wildman–Crippen LogP) is 2.34. The second kappa shape index (κ2) is 6.26. The summed E-state index contributed by atoms with van der Waals surface area (Å²) in [4.78, 5) is 20.1. The summed E-state index contributed by atoms with van der Waals surface area (Å²) in [6.45, 7) is 0.912. The third-order valence-corrected chi connectivity index (χ3v) is 2.96. The molecule has 1 atom stereocenters. The predicted molar refractivity (Wildman–Crippen MR) is 72.2 cm³/mol. The first kappa shape index (κ1) is 13.5. The van der Waals surface area contributed by atoms with Crippen LogP contribution in [0.3, 0.4) is 0 Å². The summed E-state index contributed by atoms with van der Waals surface area (Å²) in [5, 5.41) is 11.3. The van der Waals surface area contributed by atoms with Gasteiger partial charge in [-0.15, -0.1) is 0 Å². The number of hydrogen-bond donors (Lipinski definition) is 1. The normalized spacial score (nSPS) is 18.5. The van der Waals surface area contributed by atoms with Crippen molar-refractivity contribution in [3.05, 3.63) is 18.5 Å². The molecule has 0 aliphatic carbocycles. The average Bonchev–Trinajstić information content (AvgIpc) is 2.41.